The van der Waals surface area contributed by atoms with Crippen molar-refractivity contribution in [2.45, 2.75) is 51.5 Å². The summed E-state index contributed by atoms with van der Waals surface area (Å²) < 4.78 is 0. The van der Waals surface area contributed by atoms with Gasteiger partial charge in [0, 0.05) is 11.7 Å². The number of hydrogen-bond acceptors (Lipinski definition) is 2. The fourth-order valence-electron chi connectivity index (χ4n) is 2.80. The summed E-state index contributed by atoms with van der Waals surface area (Å²) in [6, 6.07) is 8.00. The van der Waals surface area contributed by atoms with Crippen LogP contribution in [0.1, 0.15) is 45.4 Å². The molecule has 0 heterocycles. The highest BCUT2D eigenvalue weighted by atomic mass is 16.3. The Morgan fingerprint density at radius 3 is 2.35 bits per heavy atom. The maximum absolute atomic E-state index is 9.23. The van der Waals surface area contributed by atoms with Gasteiger partial charge in [0.15, 0.2) is 0 Å². The van der Waals surface area contributed by atoms with E-state index in [0.29, 0.717) is 11.8 Å². The molecular formula is C15H23NO. The van der Waals surface area contributed by atoms with E-state index in [1.165, 1.54) is 38.5 Å². The van der Waals surface area contributed by atoms with Crippen molar-refractivity contribution in [2.24, 2.45) is 5.92 Å². The minimum absolute atomic E-state index is 0.335. The van der Waals surface area contributed by atoms with E-state index in [0.717, 1.165) is 11.6 Å². The molecule has 2 nitrogen and oxygen atoms in total. The molecule has 2 N–H and O–H groups in total. The molecule has 1 fully saturated rings. The number of rotatable bonds is 4. The van der Waals surface area contributed by atoms with Crippen molar-refractivity contribution in [3.8, 4) is 5.75 Å². The maximum atomic E-state index is 9.23. The zero-order chi connectivity index (χ0) is 12.1. The zero-order valence-corrected chi connectivity index (χ0v) is 10.7. The van der Waals surface area contributed by atoms with E-state index in [2.05, 4.69) is 12.2 Å². The molecule has 0 radical (unpaired) electrons. The third kappa shape index (κ3) is 3.65. The van der Waals surface area contributed by atoms with E-state index < -0.39 is 0 Å². The molecule has 0 spiro atoms. The standard InChI is InChI=1S/C15H23NO/c1-2-3-12-4-6-13(7-5-12)16-14-8-10-15(17)11-9-14/h8-13,16-17H,2-7H2,1H3. The van der Waals surface area contributed by atoms with E-state index >= 15 is 0 Å². The van der Waals surface area contributed by atoms with Gasteiger partial charge in [-0.25, -0.2) is 0 Å². The Hall–Kier alpha value is -1.18. The van der Waals surface area contributed by atoms with Crippen LogP contribution in [0.5, 0.6) is 5.75 Å². The third-order valence-electron chi connectivity index (χ3n) is 3.78. The van der Waals surface area contributed by atoms with Crippen LogP contribution >= 0.6 is 0 Å². The molecule has 0 unspecified atom stereocenters. The SMILES string of the molecule is CCCC1CCC(Nc2ccc(O)cc2)CC1. The molecule has 94 valence electrons. The summed E-state index contributed by atoms with van der Waals surface area (Å²) >= 11 is 0. The summed E-state index contributed by atoms with van der Waals surface area (Å²) in [4.78, 5) is 0. The van der Waals surface area contributed by atoms with Crippen LogP contribution in [0.3, 0.4) is 0 Å². The number of aromatic hydroxyl groups is 1. The van der Waals surface area contributed by atoms with E-state index in [1.54, 1.807) is 12.1 Å². The van der Waals surface area contributed by atoms with Crippen LogP contribution in [-0.2, 0) is 0 Å². The van der Waals surface area contributed by atoms with Gasteiger partial charge in [-0.05, 0) is 55.9 Å². The lowest BCUT2D eigenvalue weighted by Crippen LogP contribution is -2.25. The number of hydrogen-bond donors (Lipinski definition) is 2. The average molecular weight is 233 g/mol. The molecule has 0 aliphatic heterocycles. The van der Waals surface area contributed by atoms with Crippen LogP contribution in [0, 0.1) is 5.92 Å². The summed E-state index contributed by atoms with van der Waals surface area (Å²) in [5, 5.41) is 12.8. The molecule has 0 amide bonds. The summed E-state index contributed by atoms with van der Waals surface area (Å²) in [5.74, 6) is 1.29. The minimum atomic E-state index is 0.335. The van der Waals surface area contributed by atoms with Gasteiger partial charge in [0.05, 0.1) is 0 Å². The second-order valence-electron chi connectivity index (χ2n) is 5.20. The van der Waals surface area contributed by atoms with Crippen LogP contribution in [-0.4, -0.2) is 11.1 Å². The monoisotopic (exact) mass is 233 g/mol. The normalized spacial score (nSPS) is 24.5. The van der Waals surface area contributed by atoms with Gasteiger partial charge in [0.2, 0.25) is 0 Å². The van der Waals surface area contributed by atoms with Gasteiger partial charge in [-0.3, -0.25) is 0 Å². The molecule has 1 aliphatic rings. The first-order valence-electron chi connectivity index (χ1n) is 6.83. The van der Waals surface area contributed by atoms with Crippen LogP contribution < -0.4 is 5.32 Å². The molecule has 1 saturated carbocycles. The van der Waals surface area contributed by atoms with Crippen molar-refractivity contribution < 1.29 is 5.11 Å². The molecule has 1 aromatic carbocycles. The van der Waals surface area contributed by atoms with Crippen LogP contribution in [0.25, 0.3) is 0 Å². The molecule has 0 atom stereocenters. The lowest BCUT2D eigenvalue weighted by Gasteiger charge is -2.29. The predicted octanol–water partition coefficient (Wildman–Crippen LogP) is 4.16. The topological polar surface area (TPSA) is 32.3 Å². The first kappa shape index (κ1) is 12.3. The molecular weight excluding hydrogens is 210 g/mol. The van der Waals surface area contributed by atoms with E-state index in [4.69, 9.17) is 0 Å². The minimum Gasteiger partial charge on any atom is -0.508 e. The highest BCUT2D eigenvalue weighted by Gasteiger charge is 2.20. The molecule has 1 aromatic rings. The largest absolute Gasteiger partial charge is 0.508 e. The van der Waals surface area contributed by atoms with Crippen molar-refractivity contribution in [3.05, 3.63) is 24.3 Å². The number of nitrogens with one attached hydrogen (secondary N) is 1. The Labute approximate surface area is 104 Å². The second kappa shape index (κ2) is 5.95. The molecule has 1 aliphatic carbocycles. The molecule has 0 saturated heterocycles. The van der Waals surface area contributed by atoms with Crippen LogP contribution in [0.2, 0.25) is 0 Å². The smallest absolute Gasteiger partial charge is 0.115 e. The Kier molecular flexibility index (Phi) is 4.29. The number of phenolic OH excluding ortho intramolecular Hbond substituents is 1. The molecule has 17 heavy (non-hydrogen) atoms. The number of phenols is 1. The van der Waals surface area contributed by atoms with Crippen LogP contribution in [0.4, 0.5) is 5.69 Å². The Balaban J connectivity index is 1.79. The molecule has 0 aromatic heterocycles. The van der Waals surface area contributed by atoms with Gasteiger partial charge in [0.25, 0.3) is 0 Å². The van der Waals surface area contributed by atoms with E-state index in [1.807, 2.05) is 12.1 Å². The van der Waals surface area contributed by atoms with Crippen molar-refractivity contribution in [1.29, 1.82) is 0 Å². The number of benzene rings is 1. The summed E-state index contributed by atoms with van der Waals surface area (Å²) in [6.07, 6.45) is 8.01. The highest BCUT2D eigenvalue weighted by molar-refractivity contribution is 5.46. The van der Waals surface area contributed by atoms with Crippen molar-refractivity contribution in [2.75, 3.05) is 5.32 Å². The number of anilines is 1. The Morgan fingerprint density at radius 2 is 1.76 bits per heavy atom. The highest BCUT2D eigenvalue weighted by Crippen LogP contribution is 2.29. The van der Waals surface area contributed by atoms with Gasteiger partial charge < -0.3 is 10.4 Å². The fraction of sp³-hybridized carbons (Fsp3) is 0.600. The summed E-state index contributed by atoms with van der Waals surface area (Å²) in [7, 11) is 0. The van der Waals surface area contributed by atoms with E-state index in [-0.39, 0.29) is 0 Å². The second-order valence-corrected chi connectivity index (χ2v) is 5.20. The van der Waals surface area contributed by atoms with Crippen molar-refractivity contribution >= 4 is 5.69 Å². The fourth-order valence-corrected chi connectivity index (χ4v) is 2.80. The lowest BCUT2D eigenvalue weighted by atomic mass is 9.83. The van der Waals surface area contributed by atoms with E-state index in [9.17, 15) is 5.11 Å². The Bertz CT molecular complexity index is 325. The van der Waals surface area contributed by atoms with Gasteiger partial charge in [-0.2, -0.15) is 0 Å². The Morgan fingerprint density at radius 1 is 1.12 bits per heavy atom. The zero-order valence-electron chi connectivity index (χ0n) is 10.7. The molecule has 2 heteroatoms. The van der Waals surface area contributed by atoms with Crippen LogP contribution in [0.15, 0.2) is 24.3 Å². The predicted molar refractivity (Wildman–Crippen MR) is 72.4 cm³/mol. The first-order chi connectivity index (χ1) is 8.28. The maximum Gasteiger partial charge on any atom is 0.115 e. The summed E-state index contributed by atoms with van der Waals surface area (Å²) in [6.45, 7) is 2.28. The lowest BCUT2D eigenvalue weighted by molar-refractivity contribution is 0.319. The average Bonchev–Trinajstić information content (AvgIpc) is 2.35. The van der Waals surface area contributed by atoms with Gasteiger partial charge >= 0.3 is 0 Å². The van der Waals surface area contributed by atoms with Gasteiger partial charge in [0.1, 0.15) is 5.75 Å². The summed E-state index contributed by atoms with van der Waals surface area (Å²) in [5.41, 5.74) is 1.13. The molecule has 0 bridgehead atoms. The van der Waals surface area contributed by atoms with Gasteiger partial charge in [-0.15, -0.1) is 0 Å². The first-order valence-corrected chi connectivity index (χ1v) is 6.83. The molecule has 2 rings (SSSR count). The third-order valence-corrected chi connectivity index (χ3v) is 3.78. The quantitative estimate of drug-likeness (QED) is 0.765. The van der Waals surface area contributed by atoms with Crippen molar-refractivity contribution in [3.63, 3.8) is 0 Å². The van der Waals surface area contributed by atoms with Gasteiger partial charge in [-0.1, -0.05) is 19.8 Å². The van der Waals surface area contributed by atoms with Crippen molar-refractivity contribution in [1.82, 2.24) is 0 Å².